The number of hydrogen-bond acceptors (Lipinski definition) is 3. The second kappa shape index (κ2) is 7.55. The molecule has 0 saturated carbocycles. The fraction of sp³-hybridized carbons (Fsp3) is 0.316. The third-order valence-corrected chi connectivity index (χ3v) is 6.04. The number of rotatable bonds is 6. The van der Waals surface area contributed by atoms with Gasteiger partial charge in [-0.3, -0.25) is 4.79 Å². The van der Waals surface area contributed by atoms with Gasteiger partial charge in [0.2, 0.25) is 10.0 Å². The van der Waals surface area contributed by atoms with Crippen LogP contribution in [0, 0.1) is 5.82 Å². The van der Waals surface area contributed by atoms with Crippen LogP contribution in [0.15, 0.2) is 53.4 Å². The van der Waals surface area contributed by atoms with Crippen molar-refractivity contribution in [3.05, 3.63) is 65.5 Å². The topological polar surface area (TPSA) is 66.5 Å². The summed E-state index contributed by atoms with van der Waals surface area (Å²) in [7, 11) is -0.620. The van der Waals surface area contributed by atoms with E-state index in [9.17, 15) is 17.6 Å². The van der Waals surface area contributed by atoms with Crippen LogP contribution >= 0.6 is 0 Å². The average molecular weight is 378 g/mol. The van der Waals surface area contributed by atoms with E-state index in [2.05, 4.69) is 5.32 Å². The standard InChI is InChI=1S/C19H23FN2O3S/c1-19(2,15-7-9-16(20)10-8-15)13-21-18(23)14-5-11-17(12-6-14)26(24,25)22(3)4/h5-12H,13H2,1-4H3,(H,21,23). The monoisotopic (exact) mass is 378 g/mol. The van der Waals surface area contributed by atoms with Crippen LogP contribution in [0.1, 0.15) is 29.8 Å². The predicted octanol–water partition coefficient (Wildman–Crippen LogP) is 2.78. The fourth-order valence-corrected chi connectivity index (χ4v) is 3.30. The number of amides is 1. The minimum Gasteiger partial charge on any atom is -0.351 e. The van der Waals surface area contributed by atoms with Gasteiger partial charge in [0.1, 0.15) is 5.82 Å². The van der Waals surface area contributed by atoms with Gasteiger partial charge in [-0.2, -0.15) is 0 Å². The van der Waals surface area contributed by atoms with E-state index >= 15 is 0 Å². The normalized spacial score (nSPS) is 12.2. The van der Waals surface area contributed by atoms with E-state index in [4.69, 9.17) is 0 Å². The zero-order valence-electron chi connectivity index (χ0n) is 15.3. The van der Waals surface area contributed by atoms with E-state index in [1.54, 1.807) is 12.1 Å². The van der Waals surface area contributed by atoms with Gasteiger partial charge in [0.15, 0.2) is 0 Å². The summed E-state index contributed by atoms with van der Waals surface area (Å²) in [6.45, 7) is 4.26. The maximum Gasteiger partial charge on any atom is 0.251 e. The van der Waals surface area contributed by atoms with Gasteiger partial charge >= 0.3 is 0 Å². The molecule has 2 rings (SSSR count). The summed E-state index contributed by atoms with van der Waals surface area (Å²) in [5.41, 5.74) is 0.904. The maximum absolute atomic E-state index is 13.1. The molecule has 0 saturated heterocycles. The van der Waals surface area contributed by atoms with Crippen LogP contribution in [0.2, 0.25) is 0 Å². The summed E-state index contributed by atoms with van der Waals surface area (Å²) in [6, 6.07) is 12.0. The minimum atomic E-state index is -3.52. The molecular formula is C19H23FN2O3S. The van der Waals surface area contributed by atoms with E-state index in [0.717, 1.165) is 9.87 Å². The van der Waals surface area contributed by atoms with Gasteiger partial charge in [-0.05, 0) is 42.0 Å². The molecule has 0 radical (unpaired) electrons. The highest BCUT2D eigenvalue weighted by Gasteiger charge is 2.22. The molecule has 0 spiro atoms. The molecule has 140 valence electrons. The number of carbonyl (C=O) groups is 1. The smallest absolute Gasteiger partial charge is 0.251 e. The molecule has 0 aliphatic carbocycles. The molecule has 1 amide bonds. The average Bonchev–Trinajstić information content (AvgIpc) is 2.60. The number of carbonyl (C=O) groups excluding carboxylic acids is 1. The molecule has 0 aliphatic rings. The molecule has 7 heteroatoms. The van der Waals surface area contributed by atoms with Gasteiger partial charge in [-0.25, -0.2) is 17.1 Å². The van der Waals surface area contributed by atoms with Crippen LogP contribution in [0.3, 0.4) is 0 Å². The lowest BCUT2D eigenvalue weighted by Crippen LogP contribution is -2.36. The lowest BCUT2D eigenvalue weighted by atomic mass is 9.84. The predicted molar refractivity (Wildman–Crippen MR) is 99.1 cm³/mol. The summed E-state index contributed by atoms with van der Waals surface area (Å²) in [4.78, 5) is 12.5. The van der Waals surface area contributed by atoms with Crippen molar-refractivity contribution in [1.29, 1.82) is 0 Å². The zero-order valence-corrected chi connectivity index (χ0v) is 16.1. The molecule has 0 fully saturated rings. The summed E-state index contributed by atoms with van der Waals surface area (Å²) in [6.07, 6.45) is 0. The Bertz CT molecular complexity index is 874. The molecule has 0 unspecified atom stereocenters. The summed E-state index contributed by atoms with van der Waals surface area (Å²) < 4.78 is 38.3. The van der Waals surface area contributed by atoms with Gasteiger partial charge in [0.25, 0.3) is 5.91 Å². The Kier molecular flexibility index (Phi) is 5.83. The first-order valence-electron chi connectivity index (χ1n) is 8.11. The van der Waals surface area contributed by atoms with Crippen molar-refractivity contribution in [1.82, 2.24) is 9.62 Å². The first-order chi connectivity index (χ1) is 12.0. The maximum atomic E-state index is 13.1. The van der Waals surface area contributed by atoms with Crippen molar-refractivity contribution in [3.8, 4) is 0 Å². The van der Waals surface area contributed by atoms with Crippen molar-refractivity contribution < 1.29 is 17.6 Å². The molecule has 0 atom stereocenters. The van der Waals surface area contributed by atoms with Crippen LogP contribution < -0.4 is 5.32 Å². The van der Waals surface area contributed by atoms with Crippen LogP contribution in [0.25, 0.3) is 0 Å². The van der Waals surface area contributed by atoms with Crippen molar-refractivity contribution in [3.63, 3.8) is 0 Å². The number of nitrogens with one attached hydrogen (secondary N) is 1. The van der Waals surface area contributed by atoms with Gasteiger partial charge < -0.3 is 5.32 Å². The van der Waals surface area contributed by atoms with Crippen molar-refractivity contribution >= 4 is 15.9 Å². The molecule has 0 aromatic heterocycles. The molecule has 26 heavy (non-hydrogen) atoms. The Labute approximate surface area is 153 Å². The Balaban J connectivity index is 2.07. The van der Waals surface area contributed by atoms with Gasteiger partial charge in [-0.1, -0.05) is 26.0 Å². The molecule has 0 bridgehead atoms. The van der Waals surface area contributed by atoms with Crippen LogP contribution in [0.5, 0.6) is 0 Å². The minimum absolute atomic E-state index is 0.130. The number of halogens is 1. The van der Waals surface area contributed by atoms with Gasteiger partial charge in [-0.15, -0.1) is 0 Å². The highest BCUT2D eigenvalue weighted by molar-refractivity contribution is 7.89. The first-order valence-corrected chi connectivity index (χ1v) is 9.55. The summed E-state index contributed by atoms with van der Waals surface area (Å²) in [5, 5.41) is 2.84. The molecule has 0 aliphatic heterocycles. The quantitative estimate of drug-likeness (QED) is 0.841. The Morgan fingerprint density at radius 2 is 1.58 bits per heavy atom. The Hall–Kier alpha value is -2.25. The van der Waals surface area contributed by atoms with E-state index in [1.165, 1.54) is 50.5 Å². The van der Waals surface area contributed by atoms with Crippen LogP contribution in [-0.4, -0.2) is 39.3 Å². The van der Waals surface area contributed by atoms with E-state index in [-0.39, 0.29) is 22.0 Å². The van der Waals surface area contributed by atoms with E-state index < -0.39 is 10.0 Å². The largest absolute Gasteiger partial charge is 0.351 e. The Morgan fingerprint density at radius 1 is 1.04 bits per heavy atom. The molecule has 0 heterocycles. The van der Waals surface area contributed by atoms with Crippen molar-refractivity contribution in [2.75, 3.05) is 20.6 Å². The zero-order chi connectivity index (χ0) is 19.5. The molecule has 5 nitrogen and oxygen atoms in total. The molecular weight excluding hydrogens is 355 g/mol. The lowest BCUT2D eigenvalue weighted by molar-refractivity contribution is 0.0945. The van der Waals surface area contributed by atoms with E-state index in [1.807, 2.05) is 13.8 Å². The number of benzene rings is 2. The third kappa shape index (κ3) is 4.47. The van der Waals surface area contributed by atoms with Crippen LogP contribution in [-0.2, 0) is 15.4 Å². The SMILES string of the molecule is CN(C)S(=O)(=O)c1ccc(C(=O)NCC(C)(C)c2ccc(F)cc2)cc1. The van der Waals surface area contributed by atoms with Gasteiger partial charge in [0, 0.05) is 31.6 Å². The first kappa shape index (κ1) is 20.1. The highest BCUT2D eigenvalue weighted by atomic mass is 32.2. The second-order valence-corrected chi connectivity index (χ2v) is 9.04. The van der Waals surface area contributed by atoms with Gasteiger partial charge in [0.05, 0.1) is 4.90 Å². The molecule has 2 aromatic carbocycles. The van der Waals surface area contributed by atoms with E-state index in [0.29, 0.717) is 12.1 Å². The fourth-order valence-electron chi connectivity index (χ4n) is 2.40. The van der Waals surface area contributed by atoms with Crippen molar-refractivity contribution in [2.24, 2.45) is 0 Å². The molecule has 1 N–H and O–H groups in total. The number of nitrogens with zero attached hydrogens (tertiary/aromatic N) is 1. The molecule has 2 aromatic rings. The van der Waals surface area contributed by atoms with Crippen molar-refractivity contribution in [2.45, 2.75) is 24.2 Å². The third-order valence-electron chi connectivity index (χ3n) is 4.21. The van der Waals surface area contributed by atoms with Crippen LogP contribution in [0.4, 0.5) is 4.39 Å². The second-order valence-electron chi connectivity index (χ2n) is 6.89. The number of sulfonamides is 1. The highest BCUT2D eigenvalue weighted by Crippen LogP contribution is 2.22. The summed E-state index contributed by atoms with van der Waals surface area (Å²) >= 11 is 0. The lowest BCUT2D eigenvalue weighted by Gasteiger charge is -2.25. The summed E-state index contributed by atoms with van der Waals surface area (Å²) in [5.74, 6) is -0.602. The Morgan fingerprint density at radius 3 is 2.08 bits per heavy atom. The number of hydrogen-bond donors (Lipinski definition) is 1.